The Labute approximate surface area is 381 Å². The lowest BCUT2D eigenvalue weighted by Gasteiger charge is -2.36. The van der Waals surface area contributed by atoms with Gasteiger partial charge in [0.15, 0.2) is 0 Å². The van der Waals surface area contributed by atoms with Crippen LogP contribution in [0.1, 0.15) is 48.2 Å². The summed E-state index contributed by atoms with van der Waals surface area (Å²) in [6, 6.07) is 32.2. The van der Waals surface area contributed by atoms with Crippen LogP contribution in [0.2, 0.25) is 5.02 Å². The molecule has 1 saturated heterocycles. The first kappa shape index (κ1) is 48.8. The molecule has 0 radical (unpaired) electrons. The van der Waals surface area contributed by atoms with E-state index < -0.39 is 58.9 Å². The molecule has 11 nitrogen and oxygen atoms in total. The van der Waals surface area contributed by atoms with Gasteiger partial charge in [-0.15, -0.1) is 11.8 Å². The van der Waals surface area contributed by atoms with Gasteiger partial charge in [-0.25, -0.2) is 21.6 Å². The van der Waals surface area contributed by atoms with Gasteiger partial charge in [0.25, 0.3) is 25.8 Å². The Morgan fingerprint density at radius 2 is 1.55 bits per heavy atom. The van der Waals surface area contributed by atoms with E-state index in [0.717, 1.165) is 39.4 Å². The van der Waals surface area contributed by atoms with Gasteiger partial charge in [-0.1, -0.05) is 73.1 Å². The monoisotopic (exact) mass is 958 g/mol. The van der Waals surface area contributed by atoms with Crippen molar-refractivity contribution in [2.75, 3.05) is 55.3 Å². The van der Waals surface area contributed by atoms with Crippen LogP contribution in [0.3, 0.4) is 0 Å². The number of hydrogen-bond acceptors (Lipinski definition) is 11. The van der Waals surface area contributed by atoms with E-state index in [1.165, 1.54) is 23.9 Å². The molecule has 0 bridgehead atoms. The number of thioether (sulfide) groups is 1. The first-order chi connectivity index (χ1) is 30.5. The second kappa shape index (κ2) is 21.6. The zero-order valence-corrected chi connectivity index (χ0v) is 38.1. The van der Waals surface area contributed by atoms with Gasteiger partial charge in [-0.3, -0.25) is 4.79 Å². The SMILES string of the molecule is CCN(CCO)CC[C@H](CSc1ccccc1)Nc1ccc(S(=O)(=O)NC(=O)c2ccc(N3CCC([C@H](O)c4ccccc4-c4ccc(Cl)cc4)CC3)cc2)cc1S(=O)(=O)C(F)(F)F. The molecular formula is C46H50ClF3N4O7S3. The van der Waals surface area contributed by atoms with E-state index in [9.17, 15) is 45.0 Å². The molecule has 6 rings (SSSR count). The second-order valence-electron chi connectivity index (χ2n) is 15.4. The number of alkyl halides is 3. The molecule has 0 spiro atoms. The molecule has 64 heavy (non-hydrogen) atoms. The molecule has 5 aromatic rings. The van der Waals surface area contributed by atoms with E-state index in [4.69, 9.17) is 11.6 Å². The van der Waals surface area contributed by atoms with Crippen molar-refractivity contribution in [3.63, 3.8) is 0 Å². The summed E-state index contributed by atoms with van der Waals surface area (Å²) in [6.07, 6.45) is 0.981. The van der Waals surface area contributed by atoms with Gasteiger partial charge >= 0.3 is 5.51 Å². The van der Waals surface area contributed by atoms with E-state index in [2.05, 4.69) is 10.2 Å². The van der Waals surface area contributed by atoms with Crippen LogP contribution in [0.4, 0.5) is 24.5 Å². The number of nitrogens with zero attached hydrogens (tertiary/aromatic N) is 2. The van der Waals surface area contributed by atoms with Crippen molar-refractivity contribution in [2.24, 2.45) is 5.92 Å². The normalized spacial score (nSPS) is 14.9. The number of amides is 1. The van der Waals surface area contributed by atoms with Crippen LogP contribution < -0.4 is 14.9 Å². The number of aliphatic hydroxyl groups is 2. The van der Waals surface area contributed by atoms with Gasteiger partial charge in [0.1, 0.15) is 4.90 Å². The number of sulfonamides is 1. The Kier molecular flexibility index (Phi) is 16.5. The fourth-order valence-electron chi connectivity index (χ4n) is 7.61. The van der Waals surface area contributed by atoms with Crippen molar-refractivity contribution >= 4 is 60.5 Å². The molecular weight excluding hydrogens is 909 g/mol. The maximum Gasteiger partial charge on any atom is 0.501 e. The van der Waals surface area contributed by atoms with Crippen LogP contribution >= 0.6 is 23.4 Å². The van der Waals surface area contributed by atoms with E-state index in [1.807, 2.05) is 95.4 Å². The van der Waals surface area contributed by atoms with Gasteiger partial charge < -0.3 is 25.3 Å². The average Bonchev–Trinajstić information content (AvgIpc) is 3.29. The number of carbonyl (C=O) groups excluding carboxylic acids is 1. The molecule has 1 amide bonds. The fourth-order valence-corrected chi connectivity index (χ4v) is 10.8. The van der Waals surface area contributed by atoms with E-state index in [1.54, 1.807) is 12.1 Å². The molecule has 2 atom stereocenters. The number of halogens is 4. The quantitative estimate of drug-likeness (QED) is 0.0588. The van der Waals surface area contributed by atoms with Crippen molar-refractivity contribution in [1.82, 2.24) is 9.62 Å². The lowest BCUT2D eigenvalue weighted by Crippen LogP contribution is -2.36. The third-order valence-electron chi connectivity index (χ3n) is 11.2. The summed E-state index contributed by atoms with van der Waals surface area (Å²) in [5, 5.41) is 24.5. The van der Waals surface area contributed by atoms with E-state index in [-0.39, 0.29) is 18.1 Å². The topological polar surface area (TPSA) is 156 Å². The van der Waals surface area contributed by atoms with E-state index in [0.29, 0.717) is 68.8 Å². The number of aliphatic hydroxyl groups excluding tert-OH is 2. The molecule has 342 valence electrons. The minimum atomic E-state index is -6.09. The van der Waals surface area contributed by atoms with Gasteiger partial charge in [0.05, 0.1) is 23.3 Å². The number of rotatable bonds is 19. The molecule has 18 heteroatoms. The number of nitrogens with one attached hydrogen (secondary N) is 2. The van der Waals surface area contributed by atoms with Gasteiger partial charge in [0, 0.05) is 59.1 Å². The smallest absolute Gasteiger partial charge is 0.395 e. The van der Waals surface area contributed by atoms with Crippen LogP contribution in [0.5, 0.6) is 0 Å². The molecule has 0 aromatic heterocycles. The molecule has 0 aliphatic carbocycles. The Bertz CT molecular complexity index is 2560. The van der Waals surface area contributed by atoms with E-state index >= 15 is 0 Å². The van der Waals surface area contributed by atoms with Crippen LogP contribution in [0, 0.1) is 5.92 Å². The first-order valence-corrected chi connectivity index (χ1v) is 25.0. The number of hydrogen-bond donors (Lipinski definition) is 4. The minimum absolute atomic E-state index is 0.0225. The minimum Gasteiger partial charge on any atom is -0.395 e. The number of likely N-dealkylation sites (N-methyl/N-ethyl adjacent to an activating group) is 1. The lowest BCUT2D eigenvalue weighted by atomic mass is 9.84. The molecule has 1 aliphatic rings. The molecule has 0 saturated carbocycles. The van der Waals surface area contributed by atoms with Gasteiger partial charge in [-0.05, 0) is 115 Å². The maximum atomic E-state index is 14.1. The van der Waals surface area contributed by atoms with Crippen LogP contribution in [-0.4, -0.2) is 94.5 Å². The fraction of sp³-hybridized carbons (Fsp3) is 0.326. The summed E-state index contributed by atoms with van der Waals surface area (Å²) < 4.78 is 97.4. The number of benzene rings is 5. The molecule has 4 N–H and O–H groups in total. The number of piperidine rings is 1. The van der Waals surface area contributed by atoms with Gasteiger partial charge in [0.2, 0.25) is 0 Å². The van der Waals surface area contributed by atoms with Crippen LogP contribution in [0.25, 0.3) is 11.1 Å². The van der Waals surface area contributed by atoms with Crippen molar-refractivity contribution in [3.05, 3.63) is 137 Å². The Morgan fingerprint density at radius 3 is 2.19 bits per heavy atom. The molecule has 0 unspecified atom stereocenters. The predicted octanol–water partition coefficient (Wildman–Crippen LogP) is 8.65. The third kappa shape index (κ3) is 12.2. The van der Waals surface area contributed by atoms with Gasteiger partial charge in [-0.2, -0.15) is 13.2 Å². The molecule has 1 fully saturated rings. The standard InChI is InChI=1S/C46H50ClF3N4O7S3/c1-2-53(28-29-55)25-24-36(31-62-38-8-4-3-5-9-38)51-42-21-20-39(30-43(42)63(58,59)46(48,49)50)64(60,61)52-45(57)34-14-18-37(19-15-34)54-26-22-33(23-27-54)44(56)41-11-7-6-10-40(41)32-12-16-35(47)17-13-32/h3-21,30,33,36,44,51,55-56H,2,22-29,31H2,1H3,(H,52,57)/t36-,44+/m1/s1. The zero-order chi connectivity index (χ0) is 46.1. The second-order valence-corrected chi connectivity index (χ2v) is 20.5. The van der Waals surface area contributed by atoms with Crippen LogP contribution in [-0.2, 0) is 19.9 Å². The Morgan fingerprint density at radius 1 is 0.891 bits per heavy atom. The summed E-state index contributed by atoms with van der Waals surface area (Å²) in [5.74, 6) is -0.786. The summed E-state index contributed by atoms with van der Waals surface area (Å²) in [6.45, 7) is 4.37. The van der Waals surface area contributed by atoms with Crippen molar-refractivity contribution in [1.29, 1.82) is 0 Å². The highest BCUT2D eigenvalue weighted by Gasteiger charge is 2.48. The first-order valence-electron chi connectivity index (χ1n) is 20.7. The Hall–Kier alpha value is -4.62. The molecule has 5 aromatic carbocycles. The Balaban J connectivity index is 1.14. The summed E-state index contributed by atoms with van der Waals surface area (Å²) in [5.41, 5.74) is -2.83. The zero-order valence-electron chi connectivity index (χ0n) is 34.9. The largest absolute Gasteiger partial charge is 0.501 e. The van der Waals surface area contributed by atoms with Crippen LogP contribution in [0.15, 0.2) is 136 Å². The van der Waals surface area contributed by atoms with Crippen molar-refractivity contribution in [2.45, 2.75) is 58.5 Å². The summed E-state index contributed by atoms with van der Waals surface area (Å²) in [7, 11) is -11.0. The lowest BCUT2D eigenvalue weighted by molar-refractivity contribution is -0.0435. The number of anilines is 2. The summed E-state index contributed by atoms with van der Waals surface area (Å²) in [4.78, 5) is 16.0. The number of sulfone groups is 1. The molecule has 1 aliphatic heterocycles. The van der Waals surface area contributed by atoms with Crippen molar-refractivity contribution in [3.8, 4) is 11.1 Å². The highest BCUT2D eigenvalue weighted by Crippen LogP contribution is 2.39. The number of carbonyl (C=O) groups is 1. The third-order valence-corrected chi connectivity index (χ3v) is 15.5. The summed E-state index contributed by atoms with van der Waals surface area (Å²) >= 11 is 7.49. The highest BCUT2D eigenvalue weighted by molar-refractivity contribution is 7.99. The highest BCUT2D eigenvalue weighted by atomic mass is 35.5. The average molecular weight is 960 g/mol. The molecule has 1 heterocycles. The maximum absolute atomic E-state index is 14.1. The predicted molar refractivity (Wildman–Crippen MR) is 246 cm³/mol. The van der Waals surface area contributed by atoms with Crippen molar-refractivity contribution < 1.29 is 45.0 Å².